The number of carbonyl (C=O) groups excluding carboxylic acids is 2. The van der Waals surface area contributed by atoms with E-state index in [1.807, 2.05) is 66.7 Å². The minimum atomic E-state index is -3.73. The van der Waals surface area contributed by atoms with Crippen LogP contribution >= 0.6 is 0 Å². The molecule has 0 heterocycles. The summed E-state index contributed by atoms with van der Waals surface area (Å²) in [6.07, 6.45) is 1.30. The Balaban J connectivity index is 1.95. The maximum atomic E-state index is 13.8. The Morgan fingerprint density at radius 2 is 1.30 bits per heavy atom. The highest BCUT2D eigenvalue weighted by Gasteiger charge is 2.32. The molecule has 0 bridgehead atoms. The molecule has 0 saturated carbocycles. The Morgan fingerprint density at radius 3 is 1.78 bits per heavy atom. The Labute approximate surface area is 218 Å². The first-order valence-corrected chi connectivity index (χ1v) is 13.9. The summed E-state index contributed by atoms with van der Waals surface area (Å²) in [5.74, 6) is -0.915. The highest BCUT2D eigenvalue weighted by atomic mass is 32.2. The standard InChI is InChI=1S/C28H33N3O5S/c1-37(35,36)30(20-24-13-7-3-8-14-24)22-27(33)31(21-25-15-9-4-10-16-25)26(28(34)29-17-18-32)19-23-11-5-2-6-12-23/h2-16,26,32H,17-22H2,1H3,(H,29,34)/t26-/m1/s1. The molecule has 2 amide bonds. The first-order chi connectivity index (χ1) is 17.8. The summed E-state index contributed by atoms with van der Waals surface area (Å²) in [6, 6.07) is 26.7. The summed E-state index contributed by atoms with van der Waals surface area (Å²) in [5.41, 5.74) is 2.40. The molecular formula is C28H33N3O5S. The third kappa shape index (κ3) is 8.82. The van der Waals surface area contributed by atoms with Gasteiger partial charge in [-0.1, -0.05) is 91.0 Å². The molecule has 0 aliphatic rings. The SMILES string of the molecule is CS(=O)(=O)N(CC(=O)N(Cc1ccccc1)[C@H](Cc1ccccc1)C(=O)NCCO)Cc1ccccc1. The Hall–Kier alpha value is -3.53. The minimum Gasteiger partial charge on any atom is -0.395 e. The van der Waals surface area contributed by atoms with E-state index in [9.17, 15) is 23.1 Å². The van der Waals surface area contributed by atoms with Gasteiger partial charge in [0.25, 0.3) is 0 Å². The van der Waals surface area contributed by atoms with Crippen molar-refractivity contribution in [1.29, 1.82) is 0 Å². The van der Waals surface area contributed by atoms with E-state index >= 15 is 0 Å². The molecule has 1 atom stereocenters. The first-order valence-electron chi connectivity index (χ1n) is 12.0. The third-order valence-electron chi connectivity index (χ3n) is 5.86. The van der Waals surface area contributed by atoms with Crippen LogP contribution in [0.5, 0.6) is 0 Å². The number of nitrogens with one attached hydrogen (secondary N) is 1. The first kappa shape index (κ1) is 28.0. The van der Waals surface area contributed by atoms with Gasteiger partial charge in [0, 0.05) is 26.1 Å². The van der Waals surface area contributed by atoms with Gasteiger partial charge in [0.1, 0.15) is 6.04 Å². The van der Waals surface area contributed by atoms with E-state index in [2.05, 4.69) is 5.32 Å². The zero-order chi connectivity index (χ0) is 26.7. The maximum Gasteiger partial charge on any atom is 0.243 e. The predicted octanol–water partition coefficient (Wildman–Crippen LogP) is 2.20. The van der Waals surface area contributed by atoms with Crippen LogP contribution < -0.4 is 5.32 Å². The van der Waals surface area contributed by atoms with E-state index in [-0.39, 0.29) is 32.7 Å². The summed E-state index contributed by atoms with van der Waals surface area (Å²) in [7, 11) is -3.73. The maximum absolute atomic E-state index is 13.8. The van der Waals surface area contributed by atoms with E-state index < -0.39 is 34.4 Å². The molecule has 3 aromatic rings. The van der Waals surface area contributed by atoms with Crippen molar-refractivity contribution in [2.24, 2.45) is 0 Å². The lowest BCUT2D eigenvalue weighted by atomic mass is 10.0. The third-order valence-corrected chi connectivity index (χ3v) is 7.06. The molecule has 0 aliphatic carbocycles. The van der Waals surface area contributed by atoms with E-state index in [1.54, 1.807) is 24.3 Å². The molecule has 2 N–H and O–H groups in total. The number of nitrogens with zero attached hydrogens (tertiary/aromatic N) is 2. The van der Waals surface area contributed by atoms with E-state index in [0.29, 0.717) is 0 Å². The molecule has 9 heteroatoms. The molecular weight excluding hydrogens is 490 g/mol. The molecule has 37 heavy (non-hydrogen) atoms. The van der Waals surface area contributed by atoms with Crippen molar-refractivity contribution >= 4 is 21.8 Å². The Kier molecular flexibility index (Phi) is 10.4. The monoisotopic (exact) mass is 523 g/mol. The number of sulfonamides is 1. The zero-order valence-corrected chi connectivity index (χ0v) is 21.7. The average Bonchev–Trinajstić information content (AvgIpc) is 2.90. The van der Waals surface area contributed by atoms with Gasteiger partial charge < -0.3 is 15.3 Å². The molecule has 0 unspecified atom stereocenters. The van der Waals surface area contributed by atoms with Crippen LogP contribution in [0.3, 0.4) is 0 Å². The van der Waals surface area contributed by atoms with E-state index in [4.69, 9.17) is 0 Å². The van der Waals surface area contributed by atoms with Crippen LogP contribution in [-0.2, 0) is 39.1 Å². The number of aliphatic hydroxyl groups is 1. The van der Waals surface area contributed by atoms with Crippen LogP contribution in [0.1, 0.15) is 16.7 Å². The average molecular weight is 524 g/mol. The summed E-state index contributed by atoms with van der Waals surface area (Å²) in [6.45, 7) is -0.466. The van der Waals surface area contributed by atoms with Gasteiger partial charge in [-0.2, -0.15) is 4.31 Å². The van der Waals surface area contributed by atoms with Crippen LogP contribution in [-0.4, -0.2) is 66.5 Å². The number of amides is 2. The topological polar surface area (TPSA) is 107 Å². The molecule has 0 saturated heterocycles. The second kappa shape index (κ2) is 13.7. The lowest BCUT2D eigenvalue weighted by molar-refractivity contribution is -0.141. The largest absolute Gasteiger partial charge is 0.395 e. The van der Waals surface area contributed by atoms with E-state index in [0.717, 1.165) is 27.3 Å². The van der Waals surface area contributed by atoms with Gasteiger partial charge in [-0.25, -0.2) is 8.42 Å². The minimum absolute atomic E-state index is 0.0324. The number of benzene rings is 3. The highest BCUT2D eigenvalue weighted by Crippen LogP contribution is 2.17. The lowest BCUT2D eigenvalue weighted by Gasteiger charge is -2.33. The van der Waals surface area contributed by atoms with Gasteiger partial charge in [-0.05, 0) is 16.7 Å². The normalized spacial score (nSPS) is 12.2. The summed E-state index contributed by atoms with van der Waals surface area (Å²) in [4.78, 5) is 28.5. The van der Waals surface area contributed by atoms with Crippen LogP contribution in [0.15, 0.2) is 91.0 Å². The van der Waals surface area contributed by atoms with Crippen molar-refractivity contribution in [3.63, 3.8) is 0 Å². The molecule has 0 radical (unpaired) electrons. The van der Waals surface area contributed by atoms with Crippen molar-refractivity contribution in [3.8, 4) is 0 Å². The number of hydrogen-bond acceptors (Lipinski definition) is 5. The van der Waals surface area contributed by atoms with Gasteiger partial charge >= 0.3 is 0 Å². The molecule has 3 aromatic carbocycles. The quantitative estimate of drug-likeness (QED) is 0.357. The van der Waals surface area contributed by atoms with Gasteiger partial charge in [0.15, 0.2) is 0 Å². The van der Waals surface area contributed by atoms with Crippen molar-refractivity contribution < 1.29 is 23.1 Å². The zero-order valence-electron chi connectivity index (χ0n) is 20.9. The van der Waals surface area contributed by atoms with Crippen molar-refractivity contribution in [2.45, 2.75) is 25.6 Å². The van der Waals surface area contributed by atoms with Crippen molar-refractivity contribution in [2.75, 3.05) is 26.0 Å². The van der Waals surface area contributed by atoms with E-state index in [1.165, 1.54) is 4.90 Å². The fourth-order valence-electron chi connectivity index (χ4n) is 3.95. The molecule has 0 aliphatic heterocycles. The predicted molar refractivity (Wildman–Crippen MR) is 143 cm³/mol. The fraction of sp³-hybridized carbons (Fsp3) is 0.286. The summed E-state index contributed by atoms with van der Waals surface area (Å²) < 4.78 is 26.4. The second-order valence-electron chi connectivity index (χ2n) is 8.74. The smallest absolute Gasteiger partial charge is 0.243 e. The fourth-order valence-corrected chi connectivity index (χ4v) is 4.68. The van der Waals surface area contributed by atoms with Crippen LogP contribution in [0, 0.1) is 0 Å². The molecule has 3 rings (SSSR count). The summed E-state index contributed by atoms with van der Waals surface area (Å²) >= 11 is 0. The molecule has 0 aromatic heterocycles. The number of rotatable bonds is 13. The molecule has 0 spiro atoms. The lowest BCUT2D eigenvalue weighted by Crippen LogP contribution is -2.53. The number of carbonyl (C=O) groups is 2. The molecule has 8 nitrogen and oxygen atoms in total. The van der Waals surface area contributed by atoms with Gasteiger partial charge in [-0.15, -0.1) is 0 Å². The van der Waals surface area contributed by atoms with Gasteiger partial charge in [0.2, 0.25) is 21.8 Å². The van der Waals surface area contributed by atoms with Crippen LogP contribution in [0.2, 0.25) is 0 Å². The van der Waals surface area contributed by atoms with Crippen LogP contribution in [0.4, 0.5) is 0 Å². The highest BCUT2D eigenvalue weighted by molar-refractivity contribution is 7.88. The Bertz CT molecular complexity index is 1240. The number of aliphatic hydroxyl groups excluding tert-OH is 1. The number of hydrogen-bond donors (Lipinski definition) is 2. The van der Waals surface area contributed by atoms with Crippen molar-refractivity contribution in [1.82, 2.24) is 14.5 Å². The van der Waals surface area contributed by atoms with Gasteiger partial charge in [-0.3, -0.25) is 9.59 Å². The van der Waals surface area contributed by atoms with Crippen molar-refractivity contribution in [3.05, 3.63) is 108 Å². The molecule has 196 valence electrons. The molecule has 0 fully saturated rings. The Morgan fingerprint density at radius 1 is 0.811 bits per heavy atom. The van der Waals surface area contributed by atoms with Gasteiger partial charge in [0.05, 0.1) is 19.4 Å². The second-order valence-corrected chi connectivity index (χ2v) is 10.7. The van der Waals surface area contributed by atoms with Crippen LogP contribution in [0.25, 0.3) is 0 Å². The summed E-state index contributed by atoms with van der Waals surface area (Å²) in [5, 5.41) is 11.9.